The molecule has 0 saturated heterocycles. The third-order valence-electron chi connectivity index (χ3n) is 7.28. The van der Waals surface area contributed by atoms with E-state index in [-0.39, 0.29) is 0 Å². The molecule has 1 heteroatoms. The SMILES string of the molecule is Cc1ccc(-c2c3ccccc3c(-c3ccc4ccccc4c3)c3ccncc23)c2ccccc12. The Morgan fingerprint density at radius 2 is 1.14 bits per heavy atom. The zero-order valence-electron chi connectivity index (χ0n) is 19.5. The highest BCUT2D eigenvalue weighted by Crippen LogP contribution is 2.45. The Morgan fingerprint density at radius 1 is 0.486 bits per heavy atom. The number of nitrogens with zero attached hydrogens (tertiary/aromatic N) is 1. The van der Waals surface area contributed by atoms with Crippen molar-refractivity contribution in [2.24, 2.45) is 0 Å². The van der Waals surface area contributed by atoms with Gasteiger partial charge in [-0.15, -0.1) is 0 Å². The quantitative estimate of drug-likeness (QED) is 0.242. The van der Waals surface area contributed by atoms with Gasteiger partial charge in [0.1, 0.15) is 0 Å². The molecule has 0 fully saturated rings. The summed E-state index contributed by atoms with van der Waals surface area (Å²) in [6.45, 7) is 2.19. The van der Waals surface area contributed by atoms with Gasteiger partial charge in [0, 0.05) is 17.8 Å². The minimum absolute atomic E-state index is 1.18. The topological polar surface area (TPSA) is 12.9 Å². The fourth-order valence-corrected chi connectivity index (χ4v) is 5.63. The van der Waals surface area contributed by atoms with Gasteiger partial charge in [0.2, 0.25) is 0 Å². The Balaban J connectivity index is 1.65. The zero-order valence-corrected chi connectivity index (χ0v) is 19.5. The van der Waals surface area contributed by atoms with Gasteiger partial charge in [0.05, 0.1) is 0 Å². The molecule has 1 aromatic heterocycles. The first-order valence-electron chi connectivity index (χ1n) is 12.1. The lowest BCUT2D eigenvalue weighted by Gasteiger charge is -2.19. The van der Waals surface area contributed by atoms with E-state index in [1.807, 2.05) is 12.4 Å². The summed E-state index contributed by atoms with van der Waals surface area (Å²) >= 11 is 0. The van der Waals surface area contributed by atoms with Gasteiger partial charge < -0.3 is 0 Å². The molecule has 0 aliphatic rings. The lowest BCUT2D eigenvalue weighted by atomic mass is 9.84. The Labute approximate surface area is 204 Å². The molecule has 0 aliphatic carbocycles. The average molecular weight is 446 g/mol. The molecule has 0 aliphatic heterocycles. The molecule has 35 heavy (non-hydrogen) atoms. The van der Waals surface area contributed by atoms with Crippen molar-refractivity contribution in [3.63, 3.8) is 0 Å². The summed E-state index contributed by atoms with van der Waals surface area (Å²) in [6, 6.07) is 39.6. The average Bonchev–Trinajstić information content (AvgIpc) is 2.92. The normalized spacial score (nSPS) is 11.6. The van der Waals surface area contributed by atoms with Crippen molar-refractivity contribution < 1.29 is 0 Å². The molecule has 164 valence electrons. The highest BCUT2D eigenvalue weighted by Gasteiger charge is 2.18. The monoisotopic (exact) mass is 445 g/mol. The van der Waals surface area contributed by atoms with Gasteiger partial charge in [-0.2, -0.15) is 0 Å². The van der Waals surface area contributed by atoms with Crippen LogP contribution in [0, 0.1) is 6.92 Å². The van der Waals surface area contributed by atoms with E-state index in [1.54, 1.807) is 0 Å². The highest BCUT2D eigenvalue weighted by molar-refractivity contribution is 6.23. The molecule has 0 unspecified atom stereocenters. The fraction of sp³-hybridized carbons (Fsp3) is 0.0294. The smallest absolute Gasteiger partial charge is 0.0353 e. The van der Waals surface area contributed by atoms with Crippen LogP contribution in [0.1, 0.15) is 5.56 Å². The van der Waals surface area contributed by atoms with Crippen LogP contribution < -0.4 is 0 Å². The van der Waals surface area contributed by atoms with Gasteiger partial charge in [-0.1, -0.05) is 97.1 Å². The number of benzene rings is 6. The standard InChI is InChI=1S/C34H23N/c1-22-14-17-30(27-11-5-4-10-26(22)27)34-29-13-7-6-12-28(29)33(31-18-19-35-21-32(31)34)25-16-15-23-8-2-3-9-24(23)20-25/h2-21H,1H3. The van der Waals surface area contributed by atoms with E-state index in [4.69, 9.17) is 0 Å². The van der Waals surface area contributed by atoms with Crippen LogP contribution in [0.5, 0.6) is 0 Å². The Hall–Kier alpha value is -4.49. The molecule has 6 aromatic carbocycles. The summed E-state index contributed by atoms with van der Waals surface area (Å²) in [6.07, 6.45) is 3.95. The molecule has 0 bridgehead atoms. The van der Waals surface area contributed by atoms with Gasteiger partial charge in [-0.3, -0.25) is 4.98 Å². The van der Waals surface area contributed by atoms with E-state index in [0.29, 0.717) is 0 Å². The molecule has 7 rings (SSSR count). The molecule has 0 amide bonds. The lowest BCUT2D eigenvalue weighted by Crippen LogP contribution is -1.93. The van der Waals surface area contributed by atoms with E-state index >= 15 is 0 Å². The second kappa shape index (κ2) is 7.78. The first-order chi connectivity index (χ1) is 17.3. The van der Waals surface area contributed by atoms with Crippen LogP contribution in [-0.2, 0) is 0 Å². The maximum absolute atomic E-state index is 4.59. The predicted octanol–water partition coefficient (Wildman–Crippen LogP) is 9.34. The van der Waals surface area contributed by atoms with Crippen molar-refractivity contribution in [2.45, 2.75) is 6.92 Å². The minimum Gasteiger partial charge on any atom is -0.264 e. The van der Waals surface area contributed by atoms with E-state index < -0.39 is 0 Å². The van der Waals surface area contributed by atoms with E-state index in [9.17, 15) is 0 Å². The second-order valence-electron chi connectivity index (χ2n) is 9.25. The third-order valence-corrected chi connectivity index (χ3v) is 7.28. The number of hydrogen-bond acceptors (Lipinski definition) is 1. The van der Waals surface area contributed by atoms with Crippen molar-refractivity contribution in [2.75, 3.05) is 0 Å². The van der Waals surface area contributed by atoms with E-state index in [2.05, 4.69) is 121 Å². The third kappa shape index (κ3) is 3.05. The van der Waals surface area contributed by atoms with Crippen molar-refractivity contribution >= 4 is 43.1 Å². The molecule has 0 spiro atoms. The van der Waals surface area contributed by atoms with Gasteiger partial charge >= 0.3 is 0 Å². The molecule has 0 N–H and O–H groups in total. The van der Waals surface area contributed by atoms with Gasteiger partial charge in [0.25, 0.3) is 0 Å². The Bertz CT molecular complexity index is 1860. The van der Waals surface area contributed by atoms with Crippen LogP contribution in [0.3, 0.4) is 0 Å². The summed E-state index contributed by atoms with van der Waals surface area (Å²) < 4.78 is 0. The van der Waals surface area contributed by atoms with Crippen LogP contribution in [0.4, 0.5) is 0 Å². The molecule has 0 saturated carbocycles. The predicted molar refractivity (Wildman–Crippen MR) is 150 cm³/mol. The number of pyridine rings is 1. The lowest BCUT2D eigenvalue weighted by molar-refractivity contribution is 1.37. The van der Waals surface area contributed by atoms with Crippen molar-refractivity contribution in [1.29, 1.82) is 0 Å². The maximum Gasteiger partial charge on any atom is 0.0353 e. The number of hydrogen-bond donors (Lipinski definition) is 0. The minimum atomic E-state index is 1.18. The second-order valence-corrected chi connectivity index (χ2v) is 9.25. The maximum atomic E-state index is 4.59. The fourth-order valence-electron chi connectivity index (χ4n) is 5.63. The zero-order chi connectivity index (χ0) is 23.4. The number of aromatic nitrogens is 1. The Kier molecular flexibility index (Phi) is 4.43. The molecule has 0 radical (unpaired) electrons. The van der Waals surface area contributed by atoms with Crippen LogP contribution in [-0.4, -0.2) is 4.98 Å². The van der Waals surface area contributed by atoms with Crippen molar-refractivity contribution in [1.82, 2.24) is 4.98 Å². The largest absolute Gasteiger partial charge is 0.264 e. The summed E-state index contributed by atoms with van der Waals surface area (Å²) in [7, 11) is 0. The first kappa shape index (κ1) is 19.9. The highest BCUT2D eigenvalue weighted by atomic mass is 14.6. The van der Waals surface area contributed by atoms with Crippen LogP contribution in [0.2, 0.25) is 0 Å². The van der Waals surface area contributed by atoms with Gasteiger partial charge in [-0.05, 0) is 84.6 Å². The Morgan fingerprint density at radius 3 is 1.97 bits per heavy atom. The molecule has 1 heterocycles. The van der Waals surface area contributed by atoms with E-state index in [1.165, 1.54) is 70.9 Å². The number of aryl methyl sites for hydroxylation is 1. The molecular formula is C34H23N. The van der Waals surface area contributed by atoms with Gasteiger partial charge in [-0.25, -0.2) is 0 Å². The van der Waals surface area contributed by atoms with Gasteiger partial charge in [0.15, 0.2) is 0 Å². The molecule has 0 atom stereocenters. The summed E-state index contributed by atoms with van der Waals surface area (Å²) in [4.78, 5) is 4.59. The number of rotatable bonds is 2. The van der Waals surface area contributed by atoms with Crippen LogP contribution >= 0.6 is 0 Å². The van der Waals surface area contributed by atoms with Crippen molar-refractivity contribution in [3.05, 3.63) is 127 Å². The summed E-state index contributed by atoms with van der Waals surface area (Å²) in [5.41, 5.74) is 6.30. The molecule has 1 nitrogen and oxygen atoms in total. The van der Waals surface area contributed by atoms with E-state index in [0.717, 1.165) is 0 Å². The van der Waals surface area contributed by atoms with Crippen LogP contribution in [0.25, 0.3) is 65.3 Å². The molecular weight excluding hydrogens is 422 g/mol. The number of fused-ring (bicyclic) bond motifs is 4. The van der Waals surface area contributed by atoms with Crippen molar-refractivity contribution in [3.8, 4) is 22.3 Å². The first-order valence-corrected chi connectivity index (χ1v) is 12.1. The van der Waals surface area contributed by atoms with Crippen LogP contribution in [0.15, 0.2) is 122 Å². The summed E-state index contributed by atoms with van der Waals surface area (Å²) in [5.74, 6) is 0. The molecule has 7 aromatic rings. The summed E-state index contributed by atoms with van der Waals surface area (Å²) in [5, 5.41) is 10.0.